The fourth-order valence-corrected chi connectivity index (χ4v) is 4.03. The lowest BCUT2D eigenvalue weighted by molar-refractivity contribution is -0.688. The Morgan fingerprint density at radius 2 is 1.38 bits per heavy atom. The average molecular weight is 514 g/mol. The van der Waals surface area contributed by atoms with Crippen LogP contribution in [0, 0.1) is 5.82 Å². The maximum atomic E-state index is 13.5. The minimum absolute atomic E-state index is 0. The first-order valence-electron chi connectivity index (χ1n) is 11.5. The minimum Gasteiger partial charge on any atom is -1.00 e. The van der Waals surface area contributed by atoms with Gasteiger partial charge in [0.2, 0.25) is 0 Å². The lowest BCUT2D eigenvalue weighted by Gasteiger charge is -2.12. The van der Waals surface area contributed by atoms with Gasteiger partial charge in [0, 0.05) is 40.6 Å². The van der Waals surface area contributed by atoms with E-state index in [0.717, 1.165) is 45.0 Å². The van der Waals surface area contributed by atoms with Crippen LogP contribution in [0.3, 0.4) is 0 Å². The van der Waals surface area contributed by atoms with Crippen molar-refractivity contribution in [2.24, 2.45) is 0 Å². The van der Waals surface area contributed by atoms with Gasteiger partial charge in [0.05, 0.1) is 19.9 Å². The molecule has 0 fully saturated rings. The van der Waals surface area contributed by atoms with Gasteiger partial charge in [-0.2, -0.15) is 0 Å². The number of hydrogen-bond donors (Lipinski definition) is 0. The van der Waals surface area contributed by atoms with Gasteiger partial charge in [0.25, 0.3) is 0 Å². The smallest absolute Gasteiger partial charge is 0.173 e. The normalized spacial score (nSPS) is 10.5. The Labute approximate surface area is 221 Å². The Morgan fingerprint density at radius 1 is 0.757 bits per heavy atom. The van der Waals surface area contributed by atoms with Crippen molar-refractivity contribution in [3.8, 4) is 45.3 Å². The van der Waals surface area contributed by atoms with Gasteiger partial charge in [0.1, 0.15) is 17.3 Å². The molecule has 186 valence electrons. The summed E-state index contributed by atoms with van der Waals surface area (Å²) < 4.78 is 26.2. The third-order valence-electron chi connectivity index (χ3n) is 5.96. The van der Waals surface area contributed by atoms with E-state index in [2.05, 4.69) is 4.98 Å². The Hall–Kier alpha value is -4.29. The predicted molar refractivity (Wildman–Crippen MR) is 137 cm³/mol. The summed E-state index contributed by atoms with van der Waals surface area (Å²) in [6, 6.07) is 26.3. The van der Waals surface area contributed by atoms with Crippen molar-refractivity contribution in [3.05, 3.63) is 115 Å². The second-order valence-electron chi connectivity index (χ2n) is 8.30. The van der Waals surface area contributed by atoms with Crippen molar-refractivity contribution in [2.45, 2.75) is 6.54 Å². The summed E-state index contributed by atoms with van der Waals surface area (Å²) in [7, 11) is 3.30. The highest BCUT2D eigenvalue weighted by Gasteiger charge is 2.14. The topological polar surface area (TPSA) is 48.1 Å². The molecule has 5 aromatic rings. The van der Waals surface area contributed by atoms with Crippen LogP contribution in [-0.2, 0) is 6.54 Å². The summed E-state index contributed by atoms with van der Waals surface area (Å²) in [5.41, 5.74) is 5.49. The molecule has 0 saturated heterocycles. The standard InChI is InChI=1S/C30H25FN3O2.ClH/c1-35-26-10-6-22(7-11-26)28-19-32-30(33-29(28)23-8-12-27(36-2)13-9-23)24-14-16-34(17-15-24)20-21-4-3-5-25(31)18-21;/h3-19H,20H2,1-2H3;1H/q+1;/p-1. The molecule has 2 heterocycles. The van der Waals surface area contributed by atoms with E-state index in [4.69, 9.17) is 14.5 Å². The molecule has 0 bridgehead atoms. The van der Waals surface area contributed by atoms with Gasteiger partial charge >= 0.3 is 0 Å². The van der Waals surface area contributed by atoms with Crippen LogP contribution in [-0.4, -0.2) is 24.2 Å². The molecule has 0 aliphatic heterocycles. The number of halogens is 2. The molecule has 2 aromatic heterocycles. The average Bonchev–Trinajstić information content (AvgIpc) is 2.93. The zero-order valence-corrected chi connectivity index (χ0v) is 21.2. The summed E-state index contributed by atoms with van der Waals surface area (Å²) in [6.45, 7) is 0.576. The lowest BCUT2D eigenvalue weighted by Crippen LogP contribution is -3.00. The van der Waals surface area contributed by atoms with Crippen molar-refractivity contribution in [3.63, 3.8) is 0 Å². The van der Waals surface area contributed by atoms with E-state index < -0.39 is 0 Å². The summed E-state index contributed by atoms with van der Waals surface area (Å²) >= 11 is 0. The third kappa shape index (κ3) is 5.93. The minimum atomic E-state index is -0.235. The van der Waals surface area contributed by atoms with Crippen molar-refractivity contribution >= 4 is 0 Å². The molecule has 7 heteroatoms. The SMILES string of the molecule is COc1ccc(-c2cnc(-c3cc[n+](Cc4cccc(F)c4)cc3)nc2-c2ccc(OC)cc2)cc1.[Cl-]. The number of methoxy groups -OCH3 is 2. The van der Waals surface area contributed by atoms with Crippen molar-refractivity contribution in [1.29, 1.82) is 0 Å². The molecule has 0 radical (unpaired) electrons. The van der Waals surface area contributed by atoms with Crippen LogP contribution in [0.5, 0.6) is 11.5 Å². The van der Waals surface area contributed by atoms with Crippen molar-refractivity contribution in [1.82, 2.24) is 9.97 Å². The lowest BCUT2D eigenvalue weighted by atomic mass is 10.00. The van der Waals surface area contributed by atoms with Crippen molar-refractivity contribution < 1.29 is 30.8 Å². The van der Waals surface area contributed by atoms with E-state index in [-0.39, 0.29) is 18.2 Å². The number of rotatable bonds is 7. The van der Waals surface area contributed by atoms with Crippen LogP contribution in [0.15, 0.2) is 104 Å². The highest BCUT2D eigenvalue weighted by Crippen LogP contribution is 2.33. The van der Waals surface area contributed by atoms with E-state index in [9.17, 15) is 4.39 Å². The molecule has 5 nitrogen and oxygen atoms in total. The van der Waals surface area contributed by atoms with E-state index in [1.165, 1.54) is 6.07 Å². The van der Waals surface area contributed by atoms with Crippen LogP contribution < -0.4 is 26.4 Å². The number of hydrogen-bond acceptors (Lipinski definition) is 4. The molecule has 37 heavy (non-hydrogen) atoms. The molecule has 0 aliphatic carbocycles. The number of ether oxygens (including phenoxy) is 2. The predicted octanol–water partition coefficient (Wildman–Crippen LogP) is 2.97. The summed E-state index contributed by atoms with van der Waals surface area (Å²) in [5, 5.41) is 0. The molecular weight excluding hydrogens is 489 g/mol. The summed E-state index contributed by atoms with van der Waals surface area (Å²) in [4.78, 5) is 9.66. The van der Waals surface area contributed by atoms with Crippen molar-refractivity contribution in [2.75, 3.05) is 14.2 Å². The first kappa shape index (κ1) is 25.8. The number of aromatic nitrogens is 3. The zero-order valence-electron chi connectivity index (χ0n) is 20.4. The van der Waals surface area contributed by atoms with Crippen LogP contribution >= 0.6 is 0 Å². The Kier molecular flexibility index (Phi) is 8.11. The zero-order chi connectivity index (χ0) is 24.9. The van der Waals surface area contributed by atoms with Gasteiger partial charge < -0.3 is 21.9 Å². The van der Waals surface area contributed by atoms with E-state index in [0.29, 0.717) is 12.4 Å². The van der Waals surface area contributed by atoms with Gasteiger partial charge in [-0.1, -0.05) is 24.3 Å². The van der Waals surface area contributed by atoms with E-state index >= 15 is 0 Å². The molecule has 0 unspecified atom stereocenters. The molecule has 0 atom stereocenters. The third-order valence-corrected chi connectivity index (χ3v) is 5.96. The van der Waals surface area contributed by atoms with Crippen LogP contribution in [0.1, 0.15) is 5.56 Å². The first-order chi connectivity index (χ1) is 17.6. The fourth-order valence-electron chi connectivity index (χ4n) is 4.03. The summed E-state index contributed by atoms with van der Waals surface area (Å²) in [6.07, 6.45) is 5.76. The Bertz CT molecular complexity index is 1480. The van der Waals surface area contributed by atoms with Gasteiger partial charge in [0.15, 0.2) is 24.8 Å². The highest BCUT2D eigenvalue weighted by molar-refractivity contribution is 5.81. The fraction of sp³-hybridized carbons (Fsp3) is 0.100. The second kappa shape index (κ2) is 11.6. The maximum Gasteiger partial charge on any atom is 0.173 e. The van der Waals surface area contributed by atoms with Gasteiger partial charge in [-0.05, 0) is 54.1 Å². The van der Waals surface area contributed by atoms with E-state index in [1.54, 1.807) is 26.4 Å². The summed E-state index contributed by atoms with van der Waals surface area (Å²) in [5.74, 6) is 1.96. The van der Waals surface area contributed by atoms with E-state index in [1.807, 2.05) is 89.9 Å². The molecule has 0 spiro atoms. The van der Waals surface area contributed by atoms with Gasteiger partial charge in [-0.15, -0.1) is 0 Å². The van der Waals surface area contributed by atoms with Gasteiger partial charge in [-0.25, -0.2) is 18.9 Å². The number of nitrogens with zero attached hydrogens (tertiary/aromatic N) is 3. The highest BCUT2D eigenvalue weighted by atomic mass is 35.5. The number of benzene rings is 3. The number of pyridine rings is 1. The van der Waals surface area contributed by atoms with Crippen LogP contribution in [0.2, 0.25) is 0 Å². The molecular formula is C30H25ClFN3O2. The monoisotopic (exact) mass is 513 g/mol. The first-order valence-corrected chi connectivity index (χ1v) is 11.5. The molecule has 5 rings (SSSR count). The molecule has 0 amide bonds. The molecule has 3 aromatic carbocycles. The molecule has 0 saturated carbocycles. The van der Waals surface area contributed by atoms with Gasteiger partial charge in [-0.3, -0.25) is 0 Å². The second-order valence-corrected chi connectivity index (χ2v) is 8.30. The Morgan fingerprint density at radius 3 is 1.97 bits per heavy atom. The molecule has 0 aliphatic rings. The largest absolute Gasteiger partial charge is 1.00 e. The van der Waals surface area contributed by atoms with Crippen LogP contribution in [0.4, 0.5) is 4.39 Å². The Balaban J connectivity index is 0.00000320. The molecule has 0 N–H and O–H groups in total. The quantitative estimate of drug-likeness (QED) is 0.314. The maximum absolute atomic E-state index is 13.5. The van der Waals surface area contributed by atoms with Crippen LogP contribution in [0.25, 0.3) is 33.8 Å².